The number of fused-ring (bicyclic) bond motifs is 2. The summed E-state index contributed by atoms with van der Waals surface area (Å²) in [5.74, 6) is 0.573. The normalized spacial score (nSPS) is 10.8. The Balaban J connectivity index is 0.000000217. The van der Waals surface area contributed by atoms with Crippen LogP contribution in [0, 0.1) is 6.92 Å². The fourth-order valence-corrected chi connectivity index (χ4v) is 5.59. The van der Waals surface area contributed by atoms with Gasteiger partial charge in [0.05, 0.1) is 0 Å². The van der Waals surface area contributed by atoms with E-state index < -0.39 is 20.8 Å². The number of aryl methyl sites for hydroxylation is 2. The molecule has 0 saturated carbocycles. The molecule has 0 bridgehead atoms. The summed E-state index contributed by atoms with van der Waals surface area (Å²) in [7, 11) is 11.0. The van der Waals surface area contributed by atoms with Crippen molar-refractivity contribution in [2.24, 2.45) is 0 Å². The standard InChI is InChI=1S/C22H25.C18H17.C2H6Si.2ClH.Zr/c1-15(2)18-13-17-7-6-8-20(21(17)14-18)16-9-11-19(12-10-16)22(3,4)5;1-3-14-11-16-9-13(2)10-17(16)18(12-14)15-7-5-4-6-8-15;1-3-2;;;/h6-15H,1-5H3;4-12H,3H2,1-2H3;1-2H3;2*1H;/q2*-1;;;;+4/p-2. The van der Waals surface area contributed by atoms with Gasteiger partial charge in [-0.15, -0.1) is 63.0 Å². The Kier molecular flexibility index (Phi) is 15.3. The average Bonchev–Trinajstić information content (AvgIpc) is 3.65. The first-order chi connectivity index (χ1) is 22.0. The summed E-state index contributed by atoms with van der Waals surface area (Å²) in [5.41, 5.74) is 11.1. The van der Waals surface area contributed by atoms with Crippen molar-refractivity contribution in [2.75, 3.05) is 0 Å². The number of rotatable bonds is 4. The number of benzene rings is 4. The van der Waals surface area contributed by atoms with Crippen LogP contribution in [0.25, 0.3) is 43.8 Å². The van der Waals surface area contributed by atoms with E-state index in [1.165, 1.54) is 66.1 Å². The Labute approximate surface area is 299 Å². The predicted molar refractivity (Wildman–Crippen MR) is 206 cm³/mol. The van der Waals surface area contributed by atoms with Gasteiger partial charge >= 0.3 is 37.9 Å². The molecule has 0 aliphatic carbocycles. The minimum absolute atomic E-state index is 0.204. The summed E-state index contributed by atoms with van der Waals surface area (Å²) in [6.07, 6.45) is 1.08. The van der Waals surface area contributed by atoms with Gasteiger partial charge in [0.1, 0.15) is 0 Å². The van der Waals surface area contributed by atoms with Crippen LogP contribution in [0.4, 0.5) is 0 Å². The van der Waals surface area contributed by atoms with Crippen LogP contribution in [-0.4, -0.2) is 9.52 Å². The monoisotopic (exact) mass is 740 g/mol. The average molecular weight is 743 g/mol. The molecule has 6 aromatic rings. The molecular weight excluding hydrogens is 695 g/mol. The molecule has 0 saturated heterocycles. The van der Waals surface area contributed by atoms with Gasteiger partial charge in [-0.1, -0.05) is 145 Å². The molecular formula is C42H48Cl2SiZr. The zero-order valence-electron chi connectivity index (χ0n) is 28.9. The van der Waals surface area contributed by atoms with Crippen molar-refractivity contribution in [2.45, 2.75) is 79.3 Å². The zero-order chi connectivity index (χ0) is 33.9. The van der Waals surface area contributed by atoms with Gasteiger partial charge in [0.2, 0.25) is 0 Å². The third kappa shape index (κ3) is 10.4. The van der Waals surface area contributed by atoms with Gasteiger partial charge in [0.15, 0.2) is 0 Å². The second kappa shape index (κ2) is 18.4. The number of hydrogen-bond donors (Lipinski definition) is 0. The first kappa shape index (κ1) is 38.2. The van der Waals surface area contributed by atoms with Crippen molar-refractivity contribution in [1.29, 1.82) is 0 Å². The quantitative estimate of drug-likeness (QED) is 0.125. The van der Waals surface area contributed by atoms with Crippen molar-refractivity contribution < 1.29 is 20.8 Å². The second-order valence-corrected chi connectivity index (χ2v) is 17.8. The summed E-state index contributed by atoms with van der Waals surface area (Å²) in [4.78, 5) is 0. The Morgan fingerprint density at radius 1 is 0.717 bits per heavy atom. The van der Waals surface area contributed by atoms with E-state index in [4.69, 9.17) is 17.0 Å². The molecule has 4 heteroatoms. The molecule has 0 aliphatic rings. The SMILES string of the molecule is CC(C)c1cc2c(-c3ccc(C(C)(C)C)cc3)cccc2[cH-]1.CCc1cc(-c2ccccc2)c2cc(C)[cH-]c2c1.C[Si]C.[Cl][Zr+2][Cl]. The maximum atomic E-state index is 4.93. The molecule has 0 fully saturated rings. The molecule has 0 nitrogen and oxygen atoms in total. The van der Waals surface area contributed by atoms with Crippen LogP contribution >= 0.6 is 17.0 Å². The molecule has 0 amide bonds. The Hall–Kier alpha value is -2.22. The van der Waals surface area contributed by atoms with Crippen molar-refractivity contribution in [3.63, 3.8) is 0 Å². The molecule has 0 spiro atoms. The topological polar surface area (TPSA) is 0 Å². The van der Waals surface area contributed by atoms with Gasteiger partial charge in [0.25, 0.3) is 0 Å². The van der Waals surface area contributed by atoms with Crippen molar-refractivity contribution in [3.8, 4) is 22.3 Å². The van der Waals surface area contributed by atoms with E-state index in [1.807, 2.05) is 0 Å². The fraction of sp³-hybridized carbons (Fsp3) is 0.286. The first-order valence-electron chi connectivity index (χ1n) is 16.1. The molecule has 0 atom stereocenters. The van der Waals surface area contributed by atoms with E-state index in [-0.39, 0.29) is 5.41 Å². The van der Waals surface area contributed by atoms with Gasteiger partial charge in [-0.3, -0.25) is 0 Å². The van der Waals surface area contributed by atoms with Crippen LogP contribution in [-0.2, 0) is 32.7 Å². The Morgan fingerprint density at radius 3 is 1.87 bits per heavy atom. The molecule has 0 N–H and O–H groups in total. The summed E-state index contributed by atoms with van der Waals surface area (Å²) in [6.45, 7) is 20.0. The third-order valence-corrected chi connectivity index (χ3v) is 8.02. The summed E-state index contributed by atoms with van der Waals surface area (Å²) in [5, 5.41) is 5.46. The van der Waals surface area contributed by atoms with Crippen LogP contribution in [0.3, 0.4) is 0 Å². The van der Waals surface area contributed by atoms with Crippen LogP contribution in [0.15, 0.2) is 109 Å². The van der Waals surface area contributed by atoms with E-state index in [0.29, 0.717) is 5.92 Å². The molecule has 0 unspecified atom stereocenters. The van der Waals surface area contributed by atoms with Crippen molar-refractivity contribution >= 4 is 48.1 Å². The number of halogens is 2. The third-order valence-electron chi connectivity index (χ3n) is 8.02. The van der Waals surface area contributed by atoms with E-state index in [2.05, 4.69) is 171 Å². The molecule has 0 aromatic heterocycles. The van der Waals surface area contributed by atoms with Crippen LogP contribution < -0.4 is 0 Å². The molecule has 0 heterocycles. The molecule has 2 radical (unpaired) electrons. The van der Waals surface area contributed by atoms with E-state index >= 15 is 0 Å². The first-order valence-corrected chi connectivity index (χ1v) is 24.4. The Bertz CT molecular complexity index is 1770. The summed E-state index contributed by atoms with van der Waals surface area (Å²) >= 11 is -0.826. The summed E-state index contributed by atoms with van der Waals surface area (Å²) in [6, 6.07) is 40.2. The molecule has 6 rings (SSSR count). The van der Waals surface area contributed by atoms with E-state index in [0.717, 1.165) is 15.9 Å². The molecule has 6 aromatic carbocycles. The molecule has 238 valence electrons. The summed E-state index contributed by atoms with van der Waals surface area (Å²) < 4.78 is 0. The van der Waals surface area contributed by atoms with Gasteiger partial charge in [-0.2, -0.15) is 12.1 Å². The van der Waals surface area contributed by atoms with Crippen LogP contribution in [0.2, 0.25) is 13.1 Å². The molecule has 46 heavy (non-hydrogen) atoms. The van der Waals surface area contributed by atoms with Crippen LogP contribution in [0.5, 0.6) is 0 Å². The maximum absolute atomic E-state index is 4.93. The second-order valence-electron chi connectivity index (χ2n) is 13.0. The van der Waals surface area contributed by atoms with Crippen LogP contribution in [0.1, 0.15) is 69.7 Å². The van der Waals surface area contributed by atoms with Gasteiger partial charge in [0, 0.05) is 9.52 Å². The zero-order valence-corrected chi connectivity index (χ0v) is 33.9. The fourth-order valence-electron chi connectivity index (χ4n) is 5.59. The van der Waals surface area contributed by atoms with Gasteiger partial charge < -0.3 is 0 Å². The minimum atomic E-state index is -0.826. The van der Waals surface area contributed by atoms with Crippen molar-refractivity contribution in [1.82, 2.24) is 0 Å². The number of hydrogen-bond acceptors (Lipinski definition) is 0. The van der Waals surface area contributed by atoms with E-state index in [1.54, 1.807) is 0 Å². The molecule has 0 aliphatic heterocycles. The van der Waals surface area contributed by atoms with Gasteiger partial charge in [-0.25, -0.2) is 0 Å². The van der Waals surface area contributed by atoms with Crippen molar-refractivity contribution in [3.05, 3.63) is 131 Å². The van der Waals surface area contributed by atoms with E-state index in [9.17, 15) is 0 Å². The predicted octanol–water partition coefficient (Wildman–Crippen LogP) is 13.9. The van der Waals surface area contributed by atoms with Gasteiger partial charge in [-0.05, 0) is 34.4 Å². The Morgan fingerprint density at radius 2 is 1.30 bits per heavy atom.